The minimum Gasteiger partial charge on any atom is -0.354 e. The second kappa shape index (κ2) is 8.81. The van der Waals surface area contributed by atoms with E-state index < -0.39 is 0 Å². The van der Waals surface area contributed by atoms with Crippen LogP contribution in [0.2, 0.25) is 0 Å². The summed E-state index contributed by atoms with van der Waals surface area (Å²) in [6.45, 7) is 3.41. The molecule has 1 aromatic rings. The molecule has 1 heterocycles. The zero-order valence-corrected chi connectivity index (χ0v) is 15.6. The Kier molecular flexibility index (Phi) is 6.49. The van der Waals surface area contributed by atoms with Crippen molar-refractivity contribution in [3.05, 3.63) is 35.9 Å². The fourth-order valence-electron chi connectivity index (χ4n) is 4.51. The molecule has 0 spiro atoms. The zero-order chi connectivity index (χ0) is 17.5. The van der Waals surface area contributed by atoms with Crippen LogP contribution in [0.1, 0.15) is 50.5 Å². The second-order valence-electron chi connectivity index (χ2n) is 7.88. The summed E-state index contributed by atoms with van der Waals surface area (Å²) in [6.07, 6.45) is 8.48. The Hall–Kier alpha value is -1.39. The van der Waals surface area contributed by atoms with E-state index in [9.17, 15) is 4.79 Å². The number of piperidine rings is 1. The van der Waals surface area contributed by atoms with Crippen molar-refractivity contribution in [2.75, 3.05) is 33.2 Å². The third-order valence-electron chi connectivity index (χ3n) is 6.15. The number of hydrogen-bond acceptors (Lipinski definition) is 3. The predicted octanol–water partition coefficient (Wildman–Crippen LogP) is 2.69. The Bertz CT molecular complexity index is 533. The van der Waals surface area contributed by atoms with Crippen LogP contribution in [0.5, 0.6) is 0 Å². The molecule has 25 heavy (non-hydrogen) atoms. The maximum absolute atomic E-state index is 12.5. The molecule has 1 aliphatic heterocycles. The molecule has 3 rings (SSSR count). The number of benzene rings is 1. The molecule has 0 radical (unpaired) electrons. The van der Waals surface area contributed by atoms with Crippen molar-refractivity contribution in [1.29, 1.82) is 0 Å². The number of nitrogens with one attached hydrogen (secondary N) is 2. The molecule has 1 saturated heterocycles. The van der Waals surface area contributed by atoms with Crippen LogP contribution in [-0.4, -0.2) is 50.1 Å². The number of rotatable bonds is 6. The molecule has 2 fully saturated rings. The molecule has 4 nitrogen and oxygen atoms in total. The first-order valence-electron chi connectivity index (χ1n) is 9.93. The van der Waals surface area contributed by atoms with E-state index in [1.54, 1.807) is 0 Å². The topological polar surface area (TPSA) is 44.4 Å². The summed E-state index contributed by atoms with van der Waals surface area (Å²) in [5.41, 5.74) is 1.52. The Morgan fingerprint density at radius 3 is 2.52 bits per heavy atom. The van der Waals surface area contributed by atoms with Gasteiger partial charge in [0.25, 0.3) is 0 Å². The normalized spacial score (nSPS) is 21.2. The van der Waals surface area contributed by atoms with Gasteiger partial charge in [0.15, 0.2) is 0 Å². The number of carbonyl (C=O) groups excluding carboxylic acids is 1. The third kappa shape index (κ3) is 4.83. The third-order valence-corrected chi connectivity index (χ3v) is 6.15. The SMILES string of the molecule is CN(CC(=O)NCC1(c2ccccc2)CCCCC1)C1CCNCC1. The van der Waals surface area contributed by atoms with E-state index in [1.165, 1.54) is 37.7 Å². The zero-order valence-electron chi connectivity index (χ0n) is 15.6. The van der Waals surface area contributed by atoms with E-state index in [1.807, 2.05) is 0 Å². The van der Waals surface area contributed by atoms with Crippen molar-refractivity contribution >= 4 is 5.91 Å². The molecule has 0 bridgehead atoms. The lowest BCUT2D eigenvalue weighted by atomic mass is 9.69. The van der Waals surface area contributed by atoms with Crippen LogP contribution in [0.25, 0.3) is 0 Å². The van der Waals surface area contributed by atoms with Crippen LogP contribution >= 0.6 is 0 Å². The fourth-order valence-corrected chi connectivity index (χ4v) is 4.51. The van der Waals surface area contributed by atoms with E-state index in [2.05, 4.69) is 52.9 Å². The van der Waals surface area contributed by atoms with Crippen molar-refractivity contribution in [2.45, 2.75) is 56.4 Å². The van der Waals surface area contributed by atoms with E-state index in [0.29, 0.717) is 12.6 Å². The summed E-state index contributed by atoms with van der Waals surface area (Å²) >= 11 is 0. The molecule has 138 valence electrons. The Labute approximate surface area is 152 Å². The molecular formula is C21H33N3O. The highest BCUT2D eigenvalue weighted by atomic mass is 16.2. The van der Waals surface area contributed by atoms with Gasteiger partial charge in [-0.2, -0.15) is 0 Å². The lowest BCUT2D eigenvalue weighted by Crippen LogP contribution is -2.48. The number of carbonyl (C=O) groups is 1. The van der Waals surface area contributed by atoms with Crippen molar-refractivity contribution in [2.24, 2.45) is 0 Å². The maximum Gasteiger partial charge on any atom is 0.234 e. The van der Waals surface area contributed by atoms with Crippen molar-refractivity contribution < 1.29 is 4.79 Å². The summed E-state index contributed by atoms with van der Waals surface area (Å²) in [5, 5.41) is 6.65. The number of hydrogen-bond donors (Lipinski definition) is 2. The second-order valence-corrected chi connectivity index (χ2v) is 7.88. The Morgan fingerprint density at radius 2 is 1.84 bits per heavy atom. The summed E-state index contributed by atoms with van der Waals surface area (Å²) < 4.78 is 0. The van der Waals surface area contributed by atoms with Crippen LogP contribution in [0.15, 0.2) is 30.3 Å². The largest absolute Gasteiger partial charge is 0.354 e. The Morgan fingerprint density at radius 1 is 1.16 bits per heavy atom. The average Bonchev–Trinajstić information content (AvgIpc) is 2.68. The molecule has 1 saturated carbocycles. The fraction of sp³-hybridized carbons (Fsp3) is 0.667. The molecule has 0 unspecified atom stereocenters. The minimum absolute atomic E-state index is 0.127. The average molecular weight is 344 g/mol. The van der Waals surface area contributed by atoms with Crippen molar-refractivity contribution in [1.82, 2.24) is 15.5 Å². The van der Waals surface area contributed by atoms with Crippen LogP contribution in [0.3, 0.4) is 0 Å². The van der Waals surface area contributed by atoms with E-state index in [4.69, 9.17) is 0 Å². The number of amides is 1. The standard InChI is InChI=1S/C21H33N3O/c1-24(19-10-14-22-15-11-19)16-20(25)23-17-21(12-6-3-7-13-21)18-8-4-2-5-9-18/h2,4-5,8-9,19,22H,3,6-7,10-17H2,1H3,(H,23,25). The van der Waals surface area contributed by atoms with Crippen LogP contribution < -0.4 is 10.6 Å². The van der Waals surface area contributed by atoms with Gasteiger partial charge in [0.2, 0.25) is 5.91 Å². The lowest BCUT2D eigenvalue weighted by molar-refractivity contribution is -0.122. The van der Waals surface area contributed by atoms with E-state index in [0.717, 1.165) is 32.5 Å². The van der Waals surface area contributed by atoms with Crippen LogP contribution in [-0.2, 0) is 10.2 Å². The Balaban J connectivity index is 1.56. The minimum atomic E-state index is 0.127. The highest BCUT2D eigenvalue weighted by molar-refractivity contribution is 5.78. The molecular weight excluding hydrogens is 310 g/mol. The monoisotopic (exact) mass is 343 g/mol. The maximum atomic E-state index is 12.5. The van der Waals surface area contributed by atoms with Gasteiger partial charge in [-0.1, -0.05) is 49.6 Å². The first-order valence-corrected chi connectivity index (χ1v) is 9.93. The number of likely N-dealkylation sites (N-methyl/N-ethyl adjacent to an activating group) is 1. The smallest absolute Gasteiger partial charge is 0.234 e. The molecule has 1 aromatic carbocycles. The van der Waals surface area contributed by atoms with Gasteiger partial charge in [-0.25, -0.2) is 0 Å². The van der Waals surface area contributed by atoms with Gasteiger partial charge in [0, 0.05) is 18.0 Å². The van der Waals surface area contributed by atoms with Gasteiger partial charge >= 0.3 is 0 Å². The highest BCUT2D eigenvalue weighted by Gasteiger charge is 2.34. The molecule has 1 aliphatic carbocycles. The summed E-state index contributed by atoms with van der Waals surface area (Å²) in [4.78, 5) is 14.8. The van der Waals surface area contributed by atoms with Gasteiger partial charge in [-0.05, 0) is 51.4 Å². The quantitative estimate of drug-likeness (QED) is 0.835. The highest BCUT2D eigenvalue weighted by Crippen LogP contribution is 2.38. The first-order chi connectivity index (χ1) is 12.2. The van der Waals surface area contributed by atoms with Gasteiger partial charge < -0.3 is 10.6 Å². The van der Waals surface area contributed by atoms with E-state index >= 15 is 0 Å². The van der Waals surface area contributed by atoms with Gasteiger partial charge in [0.05, 0.1) is 6.54 Å². The summed E-state index contributed by atoms with van der Waals surface area (Å²) in [6, 6.07) is 11.3. The first kappa shape index (κ1) is 18.4. The van der Waals surface area contributed by atoms with Crippen LogP contribution in [0, 0.1) is 0 Å². The molecule has 1 amide bonds. The van der Waals surface area contributed by atoms with Crippen molar-refractivity contribution in [3.8, 4) is 0 Å². The molecule has 4 heteroatoms. The molecule has 2 aliphatic rings. The van der Waals surface area contributed by atoms with Crippen LogP contribution in [0.4, 0.5) is 0 Å². The summed E-state index contributed by atoms with van der Waals surface area (Å²) in [5.74, 6) is 0.168. The van der Waals surface area contributed by atoms with Gasteiger partial charge in [0.1, 0.15) is 0 Å². The van der Waals surface area contributed by atoms with Gasteiger partial charge in [-0.15, -0.1) is 0 Å². The molecule has 0 atom stereocenters. The number of nitrogens with zero attached hydrogens (tertiary/aromatic N) is 1. The predicted molar refractivity (Wildman–Crippen MR) is 103 cm³/mol. The molecule has 0 aromatic heterocycles. The van der Waals surface area contributed by atoms with E-state index in [-0.39, 0.29) is 11.3 Å². The summed E-state index contributed by atoms with van der Waals surface area (Å²) in [7, 11) is 2.09. The van der Waals surface area contributed by atoms with Gasteiger partial charge in [-0.3, -0.25) is 9.69 Å². The molecule has 2 N–H and O–H groups in total. The lowest BCUT2D eigenvalue weighted by Gasteiger charge is -2.38. The van der Waals surface area contributed by atoms with Crippen molar-refractivity contribution in [3.63, 3.8) is 0 Å².